The van der Waals surface area contributed by atoms with Crippen LogP contribution in [0.2, 0.25) is 0 Å². The predicted octanol–water partition coefficient (Wildman–Crippen LogP) is 3.30. The molecule has 0 radical (unpaired) electrons. The van der Waals surface area contributed by atoms with E-state index in [0.717, 1.165) is 19.3 Å². The van der Waals surface area contributed by atoms with Gasteiger partial charge in [0.05, 0.1) is 18.5 Å². The van der Waals surface area contributed by atoms with Gasteiger partial charge in [-0.25, -0.2) is 4.79 Å². The maximum absolute atomic E-state index is 10.6. The average molecular weight is 362 g/mol. The summed E-state index contributed by atoms with van der Waals surface area (Å²) < 4.78 is 5.11. The first kappa shape index (κ1) is 20.5. The molecule has 5 heteroatoms. The Morgan fingerprint density at radius 3 is 2.92 bits per heavy atom. The molecule has 0 aromatic carbocycles. The summed E-state index contributed by atoms with van der Waals surface area (Å²) in [6, 6.07) is 0. The van der Waals surface area contributed by atoms with Crippen molar-refractivity contribution in [2.45, 2.75) is 52.1 Å². The summed E-state index contributed by atoms with van der Waals surface area (Å²) in [7, 11) is 0. The number of hydrogen-bond donors (Lipinski definition) is 3. The Morgan fingerprint density at radius 1 is 1.46 bits per heavy atom. The molecule has 1 saturated carbocycles. The van der Waals surface area contributed by atoms with Gasteiger partial charge in [-0.05, 0) is 56.4 Å². The highest BCUT2D eigenvalue weighted by Crippen LogP contribution is 2.49. The molecule has 26 heavy (non-hydrogen) atoms. The predicted molar refractivity (Wildman–Crippen MR) is 99.4 cm³/mol. The van der Waals surface area contributed by atoms with E-state index in [1.165, 1.54) is 5.57 Å². The summed E-state index contributed by atoms with van der Waals surface area (Å²) in [5.41, 5.74) is 1.24. The molecule has 1 unspecified atom stereocenters. The topological polar surface area (TPSA) is 87.0 Å². The van der Waals surface area contributed by atoms with Crippen LogP contribution in [0.15, 0.2) is 23.5 Å². The number of ether oxygens (including phenoxy) is 1. The van der Waals surface area contributed by atoms with Gasteiger partial charge in [-0.15, -0.1) is 11.8 Å². The number of aliphatic hydroxyl groups is 2. The first-order valence-electron chi connectivity index (χ1n) is 9.38. The van der Waals surface area contributed by atoms with E-state index in [2.05, 4.69) is 24.8 Å². The molecule has 0 bridgehead atoms. The van der Waals surface area contributed by atoms with Gasteiger partial charge >= 0.3 is 5.97 Å². The van der Waals surface area contributed by atoms with Gasteiger partial charge in [-0.1, -0.05) is 18.6 Å². The van der Waals surface area contributed by atoms with E-state index in [1.807, 2.05) is 13.0 Å². The molecule has 0 spiro atoms. The van der Waals surface area contributed by atoms with Crippen molar-refractivity contribution in [1.29, 1.82) is 0 Å². The molecule has 0 saturated heterocycles. The van der Waals surface area contributed by atoms with E-state index >= 15 is 0 Å². The van der Waals surface area contributed by atoms with Crippen LogP contribution in [0.3, 0.4) is 0 Å². The molecule has 5 atom stereocenters. The lowest BCUT2D eigenvalue weighted by Gasteiger charge is -2.21. The molecule has 0 aliphatic heterocycles. The van der Waals surface area contributed by atoms with Gasteiger partial charge in [0.25, 0.3) is 0 Å². The van der Waals surface area contributed by atoms with Crippen LogP contribution in [-0.4, -0.2) is 40.6 Å². The number of carboxylic acid groups (broad SMARTS) is 1. The highest BCUT2D eigenvalue weighted by atomic mass is 16.5. The van der Waals surface area contributed by atoms with Crippen LogP contribution in [0.25, 0.3) is 0 Å². The van der Waals surface area contributed by atoms with Crippen molar-refractivity contribution in [2.75, 3.05) is 13.2 Å². The second-order valence-electron chi connectivity index (χ2n) is 7.48. The first-order chi connectivity index (χ1) is 12.4. The summed E-state index contributed by atoms with van der Waals surface area (Å²) in [4.78, 5) is 10.5. The van der Waals surface area contributed by atoms with E-state index < -0.39 is 12.1 Å². The third kappa shape index (κ3) is 5.62. The van der Waals surface area contributed by atoms with Crippen LogP contribution in [0.4, 0.5) is 0 Å². The van der Waals surface area contributed by atoms with Crippen molar-refractivity contribution in [2.24, 2.45) is 23.7 Å². The Balaban J connectivity index is 1.87. The molecule has 2 rings (SSSR count). The molecule has 5 nitrogen and oxygen atoms in total. The maximum atomic E-state index is 10.6. The van der Waals surface area contributed by atoms with Gasteiger partial charge in [-0.2, -0.15) is 0 Å². The van der Waals surface area contributed by atoms with Crippen molar-refractivity contribution >= 4 is 5.97 Å². The normalized spacial score (nSPS) is 28.9. The van der Waals surface area contributed by atoms with E-state index in [1.54, 1.807) is 0 Å². The number of allylic oxidation sites excluding steroid dienone is 2. The zero-order valence-electron chi connectivity index (χ0n) is 15.6. The Kier molecular flexibility index (Phi) is 7.74. The lowest BCUT2D eigenvalue weighted by molar-refractivity contribution is -0.142. The molecule has 0 aromatic rings. The standard InChI is InChI=1S/C21H30O5/c1-3-4-5-14(2)6-7-18(22)21-17-11-15(8-9-26-13-20(24)25)10-16(17)12-19(21)23/h7,10,14,16-17,19,21-23H,5-6,8-9,11-13H2,1-2H3,(H,24,25)/t14?,16-,17-,19+,21-/m1/s1. The molecular weight excluding hydrogens is 332 g/mol. The molecule has 1 fully saturated rings. The van der Waals surface area contributed by atoms with Crippen molar-refractivity contribution in [3.8, 4) is 11.8 Å². The molecule has 0 aromatic heterocycles. The average Bonchev–Trinajstić information content (AvgIpc) is 3.10. The zero-order chi connectivity index (χ0) is 19.1. The molecule has 2 aliphatic carbocycles. The van der Waals surface area contributed by atoms with Crippen LogP contribution in [0, 0.1) is 35.5 Å². The number of aliphatic hydroxyl groups excluding tert-OH is 2. The van der Waals surface area contributed by atoms with Crippen LogP contribution >= 0.6 is 0 Å². The Hall–Kier alpha value is -1.77. The van der Waals surface area contributed by atoms with Crippen LogP contribution < -0.4 is 0 Å². The fraction of sp³-hybridized carbons (Fsp3) is 0.667. The number of carboxylic acids is 1. The second kappa shape index (κ2) is 9.80. The van der Waals surface area contributed by atoms with Crippen LogP contribution in [0.1, 0.15) is 46.0 Å². The number of aliphatic carboxylic acids is 1. The van der Waals surface area contributed by atoms with E-state index in [0.29, 0.717) is 31.1 Å². The summed E-state index contributed by atoms with van der Waals surface area (Å²) in [5, 5.41) is 29.5. The van der Waals surface area contributed by atoms with Crippen molar-refractivity contribution < 1.29 is 24.9 Å². The molecule has 3 N–H and O–H groups in total. The van der Waals surface area contributed by atoms with E-state index in [-0.39, 0.29) is 24.4 Å². The number of carbonyl (C=O) groups is 1. The van der Waals surface area contributed by atoms with Gasteiger partial charge in [0.2, 0.25) is 0 Å². The third-order valence-electron chi connectivity index (χ3n) is 5.38. The lowest BCUT2D eigenvalue weighted by Crippen LogP contribution is -2.22. The molecule has 144 valence electrons. The fourth-order valence-corrected chi connectivity index (χ4v) is 4.08. The Morgan fingerprint density at radius 2 is 2.23 bits per heavy atom. The fourth-order valence-electron chi connectivity index (χ4n) is 4.08. The minimum absolute atomic E-state index is 0.210. The third-order valence-corrected chi connectivity index (χ3v) is 5.38. The minimum Gasteiger partial charge on any atom is -0.512 e. The van der Waals surface area contributed by atoms with Crippen LogP contribution in [0.5, 0.6) is 0 Å². The number of fused-ring (bicyclic) bond motifs is 1. The monoisotopic (exact) mass is 362 g/mol. The summed E-state index contributed by atoms with van der Waals surface area (Å²) in [6.07, 6.45) is 7.30. The van der Waals surface area contributed by atoms with Gasteiger partial charge in [-0.3, -0.25) is 0 Å². The van der Waals surface area contributed by atoms with Gasteiger partial charge in [0.15, 0.2) is 0 Å². The van der Waals surface area contributed by atoms with Crippen LogP contribution in [-0.2, 0) is 9.53 Å². The molecule has 0 heterocycles. The highest BCUT2D eigenvalue weighted by molar-refractivity contribution is 5.67. The Bertz CT molecular complexity index is 610. The Labute approximate surface area is 155 Å². The zero-order valence-corrected chi connectivity index (χ0v) is 15.6. The first-order valence-corrected chi connectivity index (χ1v) is 9.38. The van der Waals surface area contributed by atoms with Crippen molar-refractivity contribution in [1.82, 2.24) is 0 Å². The number of hydrogen-bond acceptors (Lipinski definition) is 4. The quantitative estimate of drug-likeness (QED) is 0.254. The summed E-state index contributed by atoms with van der Waals surface area (Å²) >= 11 is 0. The molecule has 2 aliphatic rings. The second-order valence-corrected chi connectivity index (χ2v) is 7.48. The van der Waals surface area contributed by atoms with Crippen molar-refractivity contribution in [3.63, 3.8) is 0 Å². The van der Waals surface area contributed by atoms with Gasteiger partial charge in [0.1, 0.15) is 6.61 Å². The minimum atomic E-state index is -0.959. The molecule has 0 amide bonds. The highest BCUT2D eigenvalue weighted by Gasteiger charge is 2.46. The summed E-state index contributed by atoms with van der Waals surface area (Å²) in [6.45, 7) is 4.05. The maximum Gasteiger partial charge on any atom is 0.329 e. The van der Waals surface area contributed by atoms with E-state index in [9.17, 15) is 15.0 Å². The number of rotatable bonds is 9. The SMILES string of the molecule is CC#CCC(C)CC=C(O)[C@H]1[C@@H]2CC(CCOCC(=O)O)=C[C@@H]2C[C@@H]1O. The summed E-state index contributed by atoms with van der Waals surface area (Å²) in [5.74, 6) is 5.96. The van der Waals surface area contributed by atoms with E-state index in [4.69, 9.17) is 9.84 Å². The lowest BCUT2D eigenvalue weighted by atomic mass is 9.87. The smallest absolute Gasteiger partial charge is 0.329 e. The van der Waals surface area contributed by atoms with Crippen molar-refractivity contribution in [3.05, 3.63) is 23.5 Å². The largest absolute Gasteiger partial charge is 0.512 e. The molecular formula is C21H30O5. The van der Waals surface area contributed by atoms with Gasteiger partial charge in [0, 0.05) is 12.3 Å². The van der Waals surface area contributed by atoms with Gasteiger partial charge < -0.3 is 20.1 Å².